The van der Waals surface area contributed by atoms with Crippen molar-refractivity contribution in [2.24, 2.45) is 0 Å². The number of hydrogen-bond acceptors (Lipinski definition) is 4. The van der Waals surface area contributed by atoms with E-state index in [0.29, 0.717) is 24.4 Å². The lowest BCUT2D eigenvalue weighted by Crippen LogP contribution is -2.07. The number of rotatable bonds is 4. The van der Waals surface area contributed by atoms with Gasteiger partial charge in [0.1, 0.15) is 5.76 Å². The molecule has 0 N–H and O–H groups in total. The number of esters is 1. The quantitative estimate of drug-likeness (QED) is 0.603. The molecule has 1 heterocycles. The van der Waals surface area contributed by atoms with Crippen LogP contribution in [0.2, 0.25) is 0 Å². The average molecular weight is 246 g/mol. The molecular weight excluding hydrogens is 232 g/mol. The molecule has 1 aliphatic heterocycles. The predicted octanol–water partition coefficient (Wildman–Crippen LogP) is 2.19. The molecule has 0 bridgehead atoms. The van der Waals surface area contributed by atoms with Crippen LogP contribution in [0.15, 0.2) is 30.3 Å². The van der Waals surface area contributed by atoms with E-state index >= 15 is 0 Å². The Hall–Kier alpha value is -2.10. The molecular formula is C14H14O4. The first-order valence-electron chi connectivity index (χ1n) is 5.84. The van der Waals surface area contributed by atoms with Crippen LogP contribution in [0.4, 0.5) is 0 Å². The number of aldehydes is 1. The molecule has 0 aliphatic carbocycles. The van der Waals surface area contributed by atoms with Gasteiger partial charge >= 0.3 is 5.97 Å². The largest absolute Gasteiger partial charge is 0.482 e. The summed E-state index contributed by atoms with van der Waals surface area (Å²) >= 11 is 0. The van der Waals surface area contributed by atoms with Crippen molar-refractivity contribution in [1.82, 2.24) is 0 Å². The Labute approximate surface area is 105 Å². The van der Waals surface area contributed by atoms with Gasteiger partial charge in [0, 0.05) is 12.0 Å². The van der Waals surface area contributed by atoms with Crippen LogP contribution in [0, 0.1) is 0 Å². The highest BCUT2D eigenvalue weighted by Crippen LogP contribution is 2.25. The minimum atomic E-state index is -0.385. The number of hydrogen-bond donors (Lipinski definition) is 0. The second kappa shape index (κ2) is 5.49. The Kier molecular flexibility index (Phi) is 3.77. The Morgan fingerprint density at radius 2 is 2.17 bits per heavy atom. The van der Waals surface area contributed by atoms with E-state index in [2.05, 4.69) is 0 Å². The van der Waals surface area contributed by atoms with Crippen LogP contribution in [0.3, 0.4) is 0 Å². The molecule has 0 saturated carbocycles. The van der Waals surface area contributed by atoms with Crippen LogP contribution in [-0.2, 0) is 14.3 Å². The summed E-state index contributed by atoms with van der Waals surface area (Å²) in [4.78, 5) is 22.0. The number of carbonyl (C=O) groups excluding carboxylic acids is 2. The normalized spacial score (nSPS) is 17.8. The van der Waals surface area contributed by atoms with E-state index in [1.165, 1.54) is 0 Å². The summed E-state index contributed by atoms with van der Waals surface area (Å²) in [5.41, 5.74) is 1.36. The maximum absolute atomic E-state index is 11.5. The summed E-state index contributed by atoms with van der Waals surface area (Å²) in [5.74, 6) is 0.346. The van der Waals surface area contributed by atoms with E-state index in [4.69, 9.17) is 9.47 Å². The van der Waals surface area contributed by atoms with E-state index in [0.717, 1.165) is 11.8 Å². The van der Waals surface area contributed by atoms with Gasteiger partial charge in [-0.1, -0.05) is 12.1 Å². The zero-order valence-corrected chi connectivity index (χ0v) is 10.1. The van der Waals surface area contributed by atoms with Crippen molar-refractivity contribution in [3.8, 4) is 0 Å². The Morgan fingerprint density at radius 3 is 2.72 bits per heavy atom. The summed E-state index contributed by atoms with van der Waals surface area (Å²) in [5, 5.41) is 0. The maximum Gasteiger partial charge on any atom is 0.338 e. The smallest absolute Gasteiger partial charge is 0.338 e. The second-order valence-electron chi connectivity index (χ2n) is 3.89. The van der Waals surface area contributed by atoms with Gasteiger partial charge in [-0.05, 0) is 25.1 Å². The zero-order valence-electron chi connectivity index (χ0n) is 10.1. The zero-order chi connectivity index (χ0) is 13.0. The van der Waals surface area contributed by atoms with Crippen molar-refractivity contribution in [2.45, 2.75) is 19.4 Å². The second-order valence-corrected chi connectivity index (χ2v) is 3.89. The number of benzene rings is 1. The van der Waals surface area contributed by atoms with Crippen LogP contribution < -0.4 is 0 Å². The lowest BCUT2D eigenvalue weighted by Gasteiger charge is -2.08. The number of carbonyl (C=O) groups is 2. The van der Waals surface area contributed by atoms with Crippen molar-refractivity contribution in [3.05, 3.63) is 41.5 Å². The fourth-order valence-electron chi connectivity index (χ4n) is 1.74. The van der Waals surface area contributed by atoms with Gasteiger partial charge in [-0.15, -0.1) is 0 Å². The van der Waals surface area contributed by atoms with Gasteiger partial charge < -0.3 is 9.47 Å². The first kappa shape index (κ1) is 12.4. The van der Waals surface area contributed by atoms with E-state index in [1.807, 2.05) is 6.08 Å². The molecule has 4 heteroatoms. The number of ether oxygens (including phenoxy) is 2. The van der Waals surface area contributed by atoms with Crippen LogP contribution in [0.1, 0.15) is 29.3 Å². The van der Waals surface area contributed by atoms with Crippen LogP contribution in [-0.4, -0.2) is 25.0 Å². The molecule has 1 aromatic rings. The molecule has 1 atom stereocenters. The standard InChI is InChI=1S/C14H14O4/c1-2-17-14(16)11-5-3-10(4-6-11)13-8-7-12(9-15)18-13/h3-6,8-9,12H,2,7H2,1H3/t12-/m0/s1. The lowest BCUT2D eigenvalue weighted by molar-refractivity contribution is -0.113. The maximum atomic E-state index is 11.5. The fourth-order valence-corrected chi connectivity index (χ4v) is 1.74. The Balaban J connectivity index is 2.09. The van der Waals surface area contributed by atoms with Gasteiger partial charge in [-0.3, -0.25) is 4.79 Å². The molecule has 1 aliphatic rings. The molecule has 0 amide bonds. The molecule has 0 fully saturated rings. The van der Waals surface area contributed by atoms with Crippen LogP contribution in [0.25, 0.3) is 5.76 Å². The molecule has 0 aromatic heterocycles. The molecule has 94 valence electrons. The molecule has 0 saturated heterocycles. The van der Waals surface area contributed by atoms with E-state index < -0.39 is 0 Å². The highest BCUT2D eigenvalue weighted by molar-refractivity contribution is 5.89. The van der Waals surface area contributed by atoms with Gasteiger partial charge in [0.15, 0.2) is 12.4 Å². The predicted molar refractivity (Wildman–Crippen MR) is 65.9 cm³/mol. The monoisotopic (exact) mass is 246 g/mol. The fraction of sp³-hybridized carbons (Fsp3) is 0.286. The average Bonchev–Trinajstić information content (AvgIpc) is 2.88. The highest BCUT2D eigenvalue weighted by Gasteiger charge is 2.18. The van der Waals surface area contributed by atoms with Gasteiger partial charge in [0.05, 0.1) is 12.2 Å². The molecule has 18 heavy (non-hydrogen) atoms. The van der Waals surface area contributed by atoms with Crippen molar-refractivity contribution < 1.29 is 19.1 Å². The Morgan fingerprint density at radius 1 is 1.44 bits per heavy atom. The van der Waals surface area contributed by atoms with Crippen molar-refractivity contribution >= 4 is 18.0 Å². The van der Waals surface area contributed by atoms with Gasteiger partial charge in [-0.25, -0.2) is 4.79 Å². The van der Waals surface area contributed by atoms with Crippen molar-refractivity contribution in [3.63, 3.8) is 0 Å². The molecule has 1 aromatic carbocycles. The van der Waals surface area contributed by atoms with Gasteiger partial charge in [-0.2, -0.15) is 0 Å². The minimum Gasteiger partial charge on any atom is -0.482 e. The minimum absolute atomic E-state index is 0.337. The SMILES string of the molecule is CCOC(=O)c1ccc(C2=CC[C@@H](C=O)O2)cc1. The summed E-state index contributed by atoms with van der Waals surface area (Å²) < 4.78 is 10.3. The first-order chi connectivity index (χ1) is 8.74. The van der Waals surface area contributed by atoms with Gasteiger partial charge in [0.25, 0.3) is 0 Å². The third-order valence-electron chi connectivity index (χ3n) is 2.65. The van der Waals surface area contributed by atoms with Crippen molar-refractivity contribution in [1.29, 1.82) is 0 Å². The lowest BCUT2D eigenvalue weighted by atomic mass is 10.1. The first-order valence-corrected chi connectivity index (χ1v) is 5.84. The van der Waals surface area contributed by atoms with E-state index in [-0.39, 0.29) is 12.1 Å². The highest BCUT2D eigenvalue weighted by atomic mass is 16.5. The third-order valence-corrected chi connectivity index (χ3v) is 2.65. The third kappa shape index (κ3) is 2.59. The van der Waals surface area contributed by atoms with Crippen molar-refractivity contribution in [2.75, 3.05) is 6.61 Å². The van der Waals surface area contributed by atoms with Gasteiger partial charge in [0.2, 0.25) is 0 Å². The Bertz CT molecular complexity index is 473. The summed E-state index contributed by atoms with van der Waals surface area (Å²) in [6.45, 7) is 2.12. The summed E-state index contributed by atoms with van der Waals surface area (Å²) in [6, 6.07) is 6.94. The molecule has 4 nitrogen and oxygen atoms in total. The topological polar surface area (TPSA) is 52.6 Å². The van der Waals surface area contributed by atoms with Crippen LogP contribution in [0.5, 0.6) is 0 Å². The molecule has 0 spiro atoms. The molecule has 2 rings (SSSR count). The van der Waals surface area contributed by atoms with Crippen LogP contribution >= 0.6 is 0 Å². The van der Waals surface area contributed by atoms with E-state index in [1.54, 1.807) is 31.2 Å². The molecule has 0 radical (unpaired) electrons. The summed E-state index contributed by atoms with van der Waals surface area (Å²) in [6.07, 6.45) is 2.87. The summed E-state index contributed by atoms with van der Waals surface area (Å²) in [7, 11) is 0. The van der Waals surface area contributed by atoms with E-state index in [9.17, 15) is 9.59 Å². The molecule has 0 unspecified atom stereocenters.